The SMILES string of the molecule is CC(=O)N(CCNS(=O)(=O)c1c(C)n[nH]c1C)c1ccccc1. The van der Waals surface area contributed by atoms with Crippen molar-refractivity contribution < 1.29 is 13.2 Å². The van der Waals surface area contributed by atoms with E-state index in [4.69, 9.17) is 0 Å². The van der Waals surface area contributed by atoms with Crippen molar-refractivity contribution >= 4 is 21.6 Å². The van der Waals surface area contributed by atoms with E-state index in [0.717, 1.165) is 5.69 Å². The summed E-state index contributed by atoms with van der Waals surface area (Å²) in [5.74, 6) is -0.147. The van der Waals surface area contributed by atoms with Gasteiger partial charge in [-0.2, -0.15) is 5.10 Å². The van der Waals surface area contributed by atoms with Gasteiger partial charge in [0, 0.05) is 25.7 Å². The number of hydrogen-bond donors (Lipinski definition) is 2. The van der Waals surface area contributed by atoms with Crippen LogP contribution in [-0.2, 0) is 14.8 Å². The van der Waals surface area contributed by atoms with Gasteiger partial charge in [-0.3, -0.25) is 9.89 Å². The fraction of sp³-hybridized carbons (Fsp3) is 0.333. The number of benzene rings is 1. The van der Waals surface area contributed by atoms with Crippen molar-refractivity contribution in [2.75, 3.05) is 18.0 Å². The Hall–Kier alpha value is -2.19. The molecule has 2 rings (SSSR count). The third kappa shape index (κ3) is 3.96. The number of carbonyl (C=O) groups is 1. The zero-order valence-corrected chi connectivity index (χ0v) is 14.1. The van der Waals surface area contributed by atoms with Crippen LogP contribution in [0.4, 0.5) is 5.69 Å². The summed E-state index contributed by atoms with van der Waals surface area (Å²) in [6.45, 7) is 5.09. The van der Waals surface area contributed by atoms with Gasteiger partial charge in [0.15, 0.2) is 0 Å². The summed E-state index contributed by atoms with van der Waals surface area (Å²) in [6.07, 6.45) is 0. The van der Waals surface area contributed by atoms with Gasteiger partial charge in [0.1, 0.15) is 4.90 Å². The van der Waals surface area contributed by atoms with Gasteiger partial charge in [-0.15, -0.1) is 0 Å². The summed E-state index contributed by atoms with van der Waals surface area (Å²) in [4.78, 5) is 13.5. The number of aromatic amines is 1. The van der Waals surface area contributed by atoms with Crippen LogP contribution < -0.4 is 9.62 Å². The van der Waals surface area contributed by atoms with Crippen LogP contribution in [0.25, 0.3) is 0 Å². The number of anilines is 1. The van der Waals surface area contributed by atoms with Crippen LogP contribution in [0.5, 0.6) is 0 Å². The Morgan fingerprint density at radius 3 is 2.43 bits per heavy atom. The minimum Gasteiger partial charge on any atom is -0.311 e. The molecule has 0 atom stereocenters. The largest absolute Gasteiger partial charge is 0.311 e. The molecule has 7 nitrogen and oxygen atoms in total. The van der Waals surface area contributed by atoms with Crippen LogP contribution in [0.15, 0.2) is 35.2 Å². The number of aryl methyl sites for hydroxylation is 2. The summed E-state index contributed by atoms with van der Waals surface area (Å²) in [5, 5.41) is 6.55. The second-order valence-electron chi connectivity index (χ2n) is 5.17. The Kier molecular flexibility index (Phi) is 5.17. The molecule has 0 spiro atoms. The number of para-hydroxylation sites is 1. The van der Waals surface area contributed by atoms with Crippen molar-refractivity contribution in [2.24, 2.45) is 0 Å². The van der Waals surface area contributed by atoms with Crippen molar-refractivity contribution in [3.8, 4) is 0 Å². The summed E-state index contributed by atoms with van der Waals surface area (Å²) >= 11 is 0. The smallest absolute Gasteiger partial charge is 0.244 e. The standard InChI is InChI=1S/C15H20N4O3S/c1-11-15(12(2)18-17-11)23(21,22)16-9-10-19(13(3)20)14-7-5-4-6-8-14/h4-8,16H,9-10H2,1-3H3,(H,17,18). The van der Waals surface area contributed by atoms with E-state index in [2.05, 4.69) is 14.9 Å². The molecule has 0 aliphatic rings. The minimum absolute atomic E-state index is 0.112. The molecule has 0 saturated carbocycles. The molecule has 1 amide bonds. The molecule has 0 aliphatic heterocycles. The Bertz CT molecular complexity index is 765. The van der Waals surface area contributed by atoms with Crippen molar-refractivity contribution in [1.82, 2.24) is 14.9 Å². The van der Waals surface area contributed by atoms with Gasteiger partial charge in [0.05, 0.1) is 11.4 Å². The highest BCUT2D eigenvalue weighted by Gasteiger charge is 2.22. The molecule has 8 heteroatoms. The summed E-state index contributed by atoms with van der Waals surface area (Å²) in [7, 11) is -3.66. The second kappa shape index (κ2) is 6.93. The van der Waals surface area contributed by atoms with Gasteiger partial charge >= 0.3 is 0 Å². The van der Waals surface area contributed by atoms with Gasteiger partial charge in [0.2, 0.25) is 15.9 Å². The Morgan fingerprint density at radius 1 is 1.26 bits per heavy atom. The van der Waals surface area contributed by atoms with E-state index in [9.17, 15) is 13.2 Å². The number of sulfonamides is 1. The first-order valence-corrected chi connectivity index (χ1v) is 8.65. The molecule has 23 heavy (non-hydrogen) atoms. The highest BCUT2D eigenvalue weighted by Crippen LogP contribution is 2.16. The monoisotopic (exact) mass is 336 g/mol. The lowest BCUT2D eigenvalue weighted by atomic mass is 10.3. The van der Waals surface area contributed by atoms with Crippen LogP contribution >= 0.6 is 0 Å². The summed E-state index contributed by atoms with van der Waals surface area (Å²) in [5.41, 5.74) is 1.64. The average molecular weight is 336 g/mol. The molecule has 0 radical (unpaired) electrons. The van der Waals surface area contributed by atoms with Gasteiger partial charge in [-0.1, -0.05) is 18.2 Å². The molecule has 0 bridgehead atoms. The zero-order chi connectivity index (χ0) is 17.0. The van der Waals surface area contributed by atoms with Crippen LogP contribution in [-0.4, -0.2) is 37.6 Å². The molecule has 1 heterocycles. The fourth-order valence-corrected chi connectivity index (χ4v) is 3.76. The van der Waals surface area contributed by atoms with E-state index in [-0.39, 0.29) is 23.9 Å². The van der Waals surface area contributed by atoms with Crippen LogP contribution in [0, 0.1) is 13.8 Å². The lowest BCUT2D eigenvalue weighted by Crippen LogP contribution is -2.37. The third-order valence-corrected chi connectivity index (χ3v) is 5.13. The zero-order valence-electron chi connectivity index (χ0n) is 13.3. The maximum Gasteiger partial charge on any atom is 0.244 e. The molecule has 2 N–H and O–H groups in total. The van der Waals surface area contributed by atoms with Crippen LogP contribution in [0.3, 0.4) is 0 Å². The van der Waals surface area contributed by atoms with E-state index in [1.165, 1.54) is 11.8 Å². The quantitative estimate of drug-likeness (QED) is 0.832. The highest BCUT2D eigenvalue weighted by molar-refractivity contribution is 7.89. The number of carbonyl (C=O) groups excluding carboxylic acids is 1. The molecular formula is C15H20N4O3S. The number of H-pyrrole nitrogens is 1. The Morgan fingerprint density at radius 2 is 1.91 bits per heavy atom. The van der Waals surface area contributed by atoms with Crippen LogP contribution in [0.2, 0.25) is 0 Å². The predicted octanol–water partition coefficient (Wildman–Crippen LogP) is 1.36. The topological polar surface area (TPSA) is 95.2 Å². The first kappa shape index (κ1) is 17.2. The number of nitrogens with one attached hydrogen (secondary N) is 2. The highest BCUT2D eigenvalue weighted by atomic mass is 32.2. The number of hydrogen-bond acceptors (Lipinski definition) is 4. The minimum atomic E-state index is -3.66. The van der Waals surface area contributed by atoms with E-state index in [1.54, 1.807) is 26.0 Å². The molecule has 0 fully saturated rings. The first-order valence-electron chi connectivity index (χ1n) is 7.17. The molecule has 1 aromatic heterocycles. The van der Waals surface area contributed by atoms with Gasteiger partial charge in [-0.25, -0.2) is 13.1 Å². The maximum absolute atomic E-state index is 12.3. The normalized spacial score (nSPS) is 11.4. The lowest BCUT2D eigenvalue weighted by molar-refractivity contribution is -0.116. The number of aromatic nitrogens is 2. The van der Waals surface area contributed by atoms with Crippen molar-refractivity contribution in [3.63, 3.8) is 0 Å². The number of rotatable bonds is 6. The lowest BCUT2D eigenvalue weighted by Gasteiger charge is -2.21. The molecule has 0 saturated heterocycles. The van der Waals surface area contributed by atoms with E-state index in [0.29, 0.717) is 11.4 Å². The van der Waals surface area contributed by atoms with E-state index >= 15 is 0 Å². The first-order chi connectivity index (χ1) is 10.8. The van der Waals surface area contributed by atoms with Crippen molar-refractivity contribution in [2.45, 2.75) is 25.7 Å². The number of amides is 1. The molecule has 2 aromatic rings. The van der Waals surface area contributed by atoms with Crippen molar-refractivity contribution in [3.05, 3.63) is 41.7 Å². The van der Waals surface area contributed by atoms with E-state index in [1.807, 2.05) is 18.2 Å². The summed E-state index contributed by atoms with van der Waals surface area (Å²) < 4.78 is 27.2. The second-order valence-corrected chi connectivity index (χ2v) is 6.87. The molecule has 1 aromatic carbocycles. The molecule has 0 unspecified atom stereocenters. The van der Waals surface area contributed by atoms with Gasteiger partial charge in [-0.05, 0) is 26.0 Å². The molecule has 124 valence electrons. The third-order valence-electron chi connectivity index (χ3n) is 3.40. The molecular weight excluding hydrogens is 316 g/mol. The maximum atomic E-state index is 12.3. The van der Waals surface area contributed by atoms with Crippen molar-refractivity contribution in [1.29, 1.82) is 0 Å². The molecule has 0 aliphatic carbocycles. The average Bonchev–Trinajstić information content (AvgIpc) is 2.84. The van der Waals surface area contributed by atoms with Gasteiger partial charge in [0.25, 0.3) is 0 Å². The van der Waals surface area contributed by atoms with Crippen LogP contribution in [0.1, 0.15) is 18.3 Å². The fourth-order valence-electron chi connectivity index (χ4n) is 2.38. The Balaban J connectivity index is 2.07. The van der Waals surface area contributed by atoms with E-state index < -0.39 is 10.0 Å². The number of nitrogens with zero attached hydrogens (tertiary/aromatic N) is 2. The Labute approximate surface area is 135 Å². The summed E-state index contributed by atoms with van der Waals surface area (Å²) in [6, 6.07) is 9.12. The van der Waals surface area contributed by atoms with Gasteiger partial charge < -0.3 is 4.90 Å². The predicted molar refractivity (Wildman–Crippen MR) is 87.7 cm³/mol.